The second-order valence-corrected chi connectivity index (χ2v) is 4.71. The lowest BCUT2D eigenvalue weighted by atomic mass is 10.1. The van der Waals surface area contributed by atoms with Crippen LogP contribution in [0.5, 0.6) is 5.75 Å². The summed E-state index contributed by atoms with van der Waals surface area (Å²) >= 11 is 0. The third-order valence-electron chi connectivity index (χ3n) is 2.96. The van der Waals surface area contributed by atoms with Gasteiger partial charge in [0.2, 0.25) is 0 Å². The topological polar surface area (TPSA) is 98.7 Å². The van der Waals surface area contributed by atoms with Crippen LogP contribution in [0.25, 0.3) is 0 Å². The molecule has 0 aliphatic rings. The van der Waals surface area contributed by atoms with Gasteiger partial charge in [-0.2, -0.15) is 0 Å². The van der Waals surface area contributed by atoms with Gasteiger partial charge in [0, 0.05) is 19.7 Å². The summed E-state index contributed by atoms with van der Waals surface area (Å²) in [4.78, 5) is 23.0. The van der Waals surface area contributed by atoms with Crippen molar-refractivity contribution in [3.8, 4) is 5.75 Å². The summed E-state index contributed by atoms with van der Waals surface area (Å²) in [5, 5.41) is 22.8. The molecule has 6 heteroatoms. The fourth-order valence-electron chi connectivity index (χ4n) is 1.76. The Bertz CT molecular complexity index is 445. The monoisotopic (exact) mass is 294 g/mol. The van der Waals surface area contributed by atoms with Gasteiger partial charge in [-0.25, -0.2) is 0 Å². The van der Waals surface area contributed by atoms with Gasteiger partial charge in [-0.05, 0) is 43.4 Å². The van der Waals surface area contributed by atoms with E-state index in [2.05, 4.69) is 10.6 Å². The zero-order chi connectivity index (χ0) is 15.5. The van der Waals surface area contributed by atoms with Crippen molar-refractivity contribution in [3.05, 3.63) is 29.8 Å². The summed E-state index contributed by atoms with van der Waals surface area (Å²) in [6.45, 7) is 0.942. The van der Waals surface area contributed by atoms with E-state index in [9.17, 15) is 9.59 Å². The molecule has 0 bridgehead atoms. The Balaban J connectivity index is 2.14. The Kier molecular flexibility index (Phi) is 7.89. The Morgan fingerprint density at radius 2 is 1.52 bits per heavy atom. The Labute approximate surface area is 124 Å². The van der Waals surface area contributed by atoms with Crippen LogP contribution in [0.1, 0.15) is 24.8 Å². The number of aromatic hydroxyl groups is 1. The molecule has 1 aromatic carbocycles. The number of phenolic OH excluding ortho intramolecular Hbond substituents is 1. The second kappa shape index (κ2) is 9.77. The van der Waals surface area contributed by atoms with E-state index < -0.39 is 11.8 Å². The van der Waals surface area contributed by atoms with Crippen molar-refractivity contribution < 1.29 is 19.8 Å². The molecule has 0 aliphatic carbocycles. The number of hydrogen-bond acceptors (Lipinski definition) is 4. The number of benzene rings is 1. The lowest BCUT2D eigenvalue weighted by Crippen LogP contribution is -2.41. The molecular formula is C15H22N2O4. The number of amides is 2. The normalized spacial score (nSPS) is 10.1. The molecule has 0 saturated heterocycles. The summed E-state index contributed by atoms with van der Waals surface area (Å²) in [6, 6.07) is 6.69. The molecule has 0 aliphatic heterocycles. The van der Waals surface area contributed by atoms with Crippen molar-refractivity contribution in [2.24, 2.45) is 0 Å². The minimum absolute atomic E-state index is 0.145. The molecule has 2 amide bonds. The van der Waals surface area contributed by atoms with E-state index in [0.29, 0.717) is 25.9 Å². The lowest BCUT2D eigenvalue weighted by Gasteiger charge is -2.06. The SMILES string of the molecule is O=C(NCCCCCO)C(=O)NCCc1ccc(O)cc1. The maximum absolute atomic E-state index is 11.5. The molecule has 1 aromatic rings. The first-order valence-corrected chi connectivity index (χ1v) is 7.08. The molecule has 21 heavy (non-hydrogen) atoms. The Hall–Kier alpha value is -2.08. The first kappa shape index (κ1) is 17.0. The van der Waals surface area contributed by atoms with E-state index in [1.165, 1.54) is 0 Å². The molecule has 4 N–H and O–H groups in total. The van der Waals surface area contributed by atoms with Crippen LogP contribution in [0.3, 0.4) is 0 Å². The van der Waals surface area contributed by atoms with Crippen molar-refractivity contribution in [3.63, 3.8) is 0 Å². The van der Waals surface area contributed by atoms with E-state index in [1.807, 2.05) is 0 Å². The van der Waals surface area contributed by atoms with Crippen LogP contribution < -0.4 is 10.6 Å². The first-order valence-electron chi connectivity index (χ1n) is 7.08. The van der Waals surface area contributed by atoms with E-state index in [0.717, 1.165) is 18.4 Å². The predicted octanol–water partition coefficient (Wildman–Crippen LogP) is 0.330. The zero-order valence-corrected chi connectivity index (χ0v) is 12.0. The molecule has 0 fully saturated rings. The van der Waals surface area contributed by atoms with Crippen LogP contribution >= 0.6 is 0 Å². The number of hydrogen-bond donors (Lipinski definition) is 4. The summed E-state index contributed by atoms with van der Waals surface area (Å²) in [6.07, 6.45) is 2.86. The van der Waals surface area contributed by atoms with Gasteiger partial charge in [0.05, 0.1) is 0 Å². The second-order valence-electron chi connectivity index (χ2n) is 4.71. The maximum Gasteiger partial charge on any atom is 0.309 e. The number of carbonyl (C=O) groups excluding carboxylic acids is 2. The van der Waals surface area contributed by atoms with E-state index >= 15 is 0 Å². The van der Waals surface area contributed by atoms with E-state index in [-0.39, 0.29) is 12.4 Å². The van der Waals surface area contributed by atoms with Crippen molar-refractivity contribution in [1.29, 1.82) is 0 Å². The van der Waals surface area contributed by atoms with Crippen LogP contribution in [-0.4, -0.2) is 41.7 Å². The number of rotatable bonds is 8. The molecule has 0 aromatic heterocycles. The average molecular weight is 294 g/mol. The number of phenols is 1. The molecular weight excluding hydrogens is 272 g/mol. The smallest absolute Gasteiger partial charge is 0.309 e. The van der Waals surface area contributed by atoms with Gasteiger partial charge in [-0.3, -0.25) is 9.59 Å². The van der Waals surface area contributed by atoms with E-state index in [1.54, 1.807) is 24.3 Å². The van der Waals surface area contributed by atoms with Gasteiger partial charge >= 0.3 is 11.8 Å². The standard InChI is InChI=1S/C15H22N2O4/c18-11-3-1-2-9-16-14(20)15(21)17-10-8-12-4-6-13(19)7-5-12/h4-7,18-19H,1-3,8-11H2,(H,16,20)(H,17,21). The Morgan fingerprint density at radius 1 is 0.905 bits per heavy atom. The molecule has 0 radical (unpaired) electrons. The van der Waals surface area contributed by atoms with Gasteiger partial charge in [-0.1, -0.05) is 12.1 Å². The van der Waals surface area contributed by atoms with Crippen LogP contribution in [0.4, 0.5) is 0 Å². The van der Waals surface area contributed by atoms with Gasteiger partial charge in [-0.15, -0.1) is 0 Å². The van der Waals surface area contributed by atoms with Crippen molar-refractivity contribution in [2.75, 3.05) is 19.7 Å². The third kappa shape index (κ3) is 7.31. The van der Waals surface area contributed by atoms with E-state index in [4.69, 9.17) is 10.2 Å². The molecule has 0 heterocycles. The number of aliphatic hydroxyl groups is 1. The summed E-state index contributed by atoms with van der Waals surface area (Å²) in [5.41, 5.74) is 0.970. The van der Waals surface area contributed by atoms with Crippen LogP contribution in [-0.2, 0) is 16.0 Å². The minimum Gasteiger partial charge on any atom is -0.508 e. The fraction of sp³-hybridized carbons (Fsp3) is 0.467. The van der Waals surface area contributed by atoms with Crippen molar-refractivity contribution >= 4 is 11.8 Å². The molecule has 0 saturated carbocycles. The Morgan fingerprint density at radius 3 is 2.14 bits per heavy atom. The van der Waals surface area contributed by atoms with Crippen LogP contribution in [0, 0.1) is 0 Å². The molecule has 116 valence electrons. The van der Waals surface area contributed by atoms with Gasteiger partial charge in [0.15, 0.2) is 0 Å². The molecule has 0 atom stereocenters. The largest absolute Gasteiger partial charge is 0.508 e. The van der Waals surface area contributed by atoms with Crippen LogP contribution in [0.15, 0.2) is 24.3 Å². The predicted molar refractivity (Wildman–Crippen MR) is 78.8 cm³/mol. The highest BCUT2D eigenvalue weighted by atomic mass is 16.3. The fourth-order valence-corrected chi connectivity index (χ4v) is 1.76. The van der Waals surface area contributed by atoms with Gasteiger partial charge in [0.25, 0.3) is 0 Å². The lowest BCUT2D eigenvalue weighted by molar-refractivity contribution is -0.139. The maximum atomic E-state index is 11.5. The number of carbonyl (C=O) groups is 2. The van der Waals surface area contributed by atoms with Gasteiger partial charge < -0.3 is 20.8 Å². The number of aliphatic hydroxyl groups excluding tert-OH is 1. The van der Waals surface area contributed by atoms with Crippen molar-refractivity contribution in [2.45, 2.75) is 25.7 Å². The first-order chi connectivity index (χ1) is 10.1. The third-order valence-corrected chi connectivity index (χ3v) is 2.96. The highest BCUT2D eigenvalue weighted by molar-refractivity contribution is 6.35. The summed E-state index contributed by atoms with van der Waals surface area (Å²) in [7, 11) is 0. The average Bonchev–Trinajstić information content (AvgIpc) is 2.48. The molecule has 1 rings (SSSR count). The quantitative estimate of drug-likeness (QED) is 0.410. The molecule has 0 unspecified atom stereocenters. The molecule has 6 nitrogen and oxygen atoms in total. The highest BCUT2D eigenvalue weighted by Gasteiger charge is 2.11. The summed E-state index contributed by atoms with van der Waals surface area (Å²) in [5.74, 6) is -1.08. The number of nitrogens with one attached hydrogen (secondary N) is 2. The number of unbranched alkanes of at least 4 members (excludes halogenated alkanes) is 2. The van der Waals surface area contributed by atoms with Crippen LogP contribution in [0.2, 0.25) is 0 Å². The van der Waals surface area contributed by atoms with Gasteiger partial charge in [0.1, 0.15) is 5.75 Å². The zero-order valence-electron chi connectivity index (χ0n) is 12.0. The summed E-state index contributed by atoms with van der Waals surface area (Å²) < 4.78 is 0. The minimum atomic E-state index is -0.643. The van der Waals surface area contributed by atoms with Crippen molar-refractivity contribution in [1.82, 2.24) is 10.6 Å². The highest BCUT2D eigenvalue weighted by Crippen LogP contribution is 2.09. The molecule has 0 spiro atoms.